The number of alkyl halides is 11. The molecule has 2 rings (SSSR count). The summed E-state index contributed by atoms with van der Waals surface area (Å²) in [5, 5.41) is 11.7. The number of benzene rings is 1. The van der Waals surface area contributed by atoms with E-state index in [1.165, 1.54) is 6.92 Å². The molecule has 17 heteroatoms. The number of halogens is 11. The standard InChI is InChI=1S/C15H9F11N2O4/c1-2-32-6-3-4-7(8(5-6)28(30)31)27-9(29)10(16)11(17,18)13(21,22)15(25,26)14(23,24)12(10,19)20/h3-5H,2H2,1H3,(H,27,29). The third-order valence-corrected chi connectivity index (χ3v) is 4.48. The average molecular weight is 490 g/mol. The van der Waals surface area contributed by atoms with Crippen LogP contribution in [0, 0.1) is 10.1 Å². The number of rotatable bonds is 5. The lowest BCUT2D eigenvalue weighted by Gasteiger charge is -2.51. The van der Waals surface area contributed by atoms with E-state index in [9.17, 15) is 63.2 Å². The molecule has 32 heavy (non-hydrogen) atoms. The van der Waals surface area contributed by atoms with Gasteiger partial charge in [0.25, 0.3) is 11.6 Å². The molecule has 1 aliphatic carbocycles. The Morgan fingerprint density at radius 1 is 0.906 bits per heavy atom. The molecule has 0 saturated heterocycles. The van der Waals surface area contributed by atoms with Gasteiger partial charge in [-0.3, -0.25) is 14.9 Å². The van der Waals surface area contributed by atoms with E-state index in [0.29, 0.717) is 17.4 Å². The van der Waals surface area contributed by atoms with E-state index in [1.807, 2.05) is 0 Å². The number of hydrogen-bond donors (Lipinski definition) is 1. The summed E-state index contributed by atoms with van der Waals surface area (Å²) in [7, 11) is 0. The van der Waals surface area contributed by atoms with Crippen molar-refractivity contribution in [2.24, 2.45) is 0 Å². The summed E-state index contributed by atoms with van der Waals surface area (Å²) < 4.78 is 155. The fourth-order valence-corrected chi connectivity index (χ4v) is 2.74. The topological polar surface area (TPSA) is 81.5 Å². The molecular weight excluding hydrogens is 481 g/mol. The Labute approximate surface area is 169 Å². The van der Waals surface area contributed by atoms with Crippen LogP contribution in [0.2, 0.25) is 0 Å². The van der Waals surface area contributed by atoms with Gasteiger partial charge in [-0.15, -0.1) is 0 Å². The molecule has 0 aromatic heterocycles. The molecule has 0 aliphatic heterocycles. The number of carbonyl (C=O) groups is 1. The molecule has 1 fully saturated rings. The Bertz CT molecular complexity index is 921. The zero-order chi connectivity index (χ0) is 25.1. The smallest absolute Gasteiger partial charge is 0.384 e. The lowest BCUT2D eigenvalue weighted by molar-refractivity contribution is -0.475. The highest BCUT2D eigenvalue weighted by atomic mass is 19.4. The van der Waals surface area contributed by atoms with Crippen LogP contribution in [0.15, 0.2) is 18.2 Å². The van der Waals surface area contributed by atoms with Gasteiger partial charge in [-0.25, -0.2) is 4.39 Å². The van der Waals surface area contributed by atoms with E-state index in [1.54, 1.807) is 0 Å². The predicted octanol–water partition coefficient (Wildman–Crippen LogP) is 4.83. The SMILES string of the molecule is CCOc1ccc(NC(=O)C2(F)C(F)(F)C(F)(F)C(F)(F)C(F)(F)C2(F)F)c([N+](=O)[O-])c1. The molecule has 180 valence electrons. The van der Waals surface area contributed by atoms with Crippen molar-refractivity contribution in [1.82, 2.24) is 0 Å². The van der Waals surface area contributed by atoms with Crippen LogP contribution >= 0.6 is 0 Å². The normalized spacial score (nSPS) is 23.8. The maximum atomic E-state index is 14.7. The molecule has 0 atom stereocenters. The minimum Gasteiger partial charge on any atom is -0.494 e. The van der Waals surface area contributed by atoms with Gasteiger partial charge in [-0.2, -0.15) is 43.9 Å². The van der Waals surface area contributed by atoms with Crippen molar-refractivity contribution in [2.75, 3.05) is 11.9 Å². The van der Waals surface area contributed by atoms with Crippen molar-refractivity contribution in [3.05, 3.63) is 28.3 Å². The average Bonchev–Trinajstić information content (AvgIpc) is 2.66. The highest BCUT2D eigenvalue weighted by Gasteiger charge is 3.02. The Hall–Kier alpha value is -2.88. The molecule has 0 heterocycles. The van der Waals surface area contributed by atoms with Gasteiger partial charge < -0.3 is 10.1 Å². The summed E-state index contributed by atoms with van der Waals surface area (Å²) in [5.41, 5.74) is -9.71. The maximum Gasteiger partial charge on any atom is 0.384 e. The molecule has 0 bridgehead atoms. The monoisotopic (exact) mass is 490 g/mol. The van der Waals surface area contributed by atoms with Crippen LogP contribution < -0.4 is 10.1 Å². The third-order valence-electron chi connectivity index (χ3n) is 4.48. The minimum atomic E-state index is -7.49. The zero-order valence-electron chi connectivity index (χ0n) is 15.2. The highest BCUT2D eigenvalue weighted by Crippen LogP contribution is 2.69. The van der Waals surface area contributed by atoms with Crippen LogP contribution in [0.3, 0.4) is 0 Å². The molecule has 1 amide bonds. The van der Waals surface area contributed by atoms with Crippen molar-refractivity contribution in [3.8, 4) is 5.75 Å². The van der Waals surface area contributed by atoms with Gasteiger partial charge in [0.2, 0.25) is 0 Å². The molecule has 1 aromatic carbocycles. The summed E-state index contributed by atoms with van der Waals surface area (Å²) in [4.78, 5) is 21.5. The number of carbonyl (C=O) groups excluding carboxylic acids is 1. The van der Waals surface area contributed by atoms with Crippen LogP contribution in [0.25, 0.3) is 0 Å². The summed E-state index contributed by atoms with van der Waals surface area (Å²) in [6.45, 7) is 1.31. The fourth-order valence-electron chi connectivity index (χ4n) is 2.74. The van der Waals surface area contributed by atoms with Gasteiger partial charge in [0.1, 0.15) is 11.4 Å². The van der Waals surface area contributed by atoms with Crippen LogP contribution in [0.5, 0.6) is 5.75 Å². The summed E-state index contributed by atoms with van der Waals surface area (Å²) in [6, 6.07) is 1.58. The van der Waals surface area contributed by atoms with Crippen LogP contribution in [0.1, 0.15) is 6.92 Å². The number of amides is 1. The molecule has 1 aromatic rings. The number of nitrogens with zero attached hydrogens (tertiary/aromatic N) is 1. The van der Waals surface area contributed by atoms with E-state index in [2.05, 4.69) is 0 Å². The number of hydrogen-bond acceptors (Lipinski definition) is 4. The Morgan fingerprint density at radius 3 is 1.75 bits per heavy atom. The maximum absolute atomic E-state index is 14.7. The number of ether oxygens (including phenoxy) is 1. The molecule has 0 radical (unpaired) electrons. The Kier molecular flexibility index (Phi) is 5.60. The number of nitro benzene ring substituents is 1. The molecule has 1 aliphatic rings. The van der Waals surface area contributed by atoms with E-state index in [-0.39, 0.29) is 12.4 Å². The Morgan fingerprint density at radius 2 is 1.34 bits per heavy atom. The summed E-state index contributed by atoms with van der Waals surface area (Å²) in [5.74, 6) is -41.2. The molecule has 0 unspecified atom stereocenters. The molecule has 1 saturated carbocycles. The lowest BCUT2D eigenvalue weighted by Crippen LogP contribution is -2.86. The summed E-state index contributed by atoms with van der Waals surface area (Å²) in [6.07, 6.45) is 0. The molecule has 0 spiro atoms. The van der Waals surface area contributed by atoms with Crippen molar-refractivity contribution in [3.63, 3.8) is 0 Å². The Balaban J connectivity index is 2.68. The van der Waals surface area contributed by atoms with E-state index >= 15 is 0 Å². The van der Waals surface area contributed by atoms with Gasteiger partial charge in [0, 0.05) is 0 Å². The van der Waals surface area contributed by atoms with Gasteiger partial charge >= 0.3 is 35.3 Å². The first kappa shape index (κ1) is 25.4. The largest absolute Gasteiger partial charge is 0.494 e. The fraction of sp³-hybridized carbons (Fsp3) is 0.533. The third kappa shape index (κ3) is 2.81. The quantitative estimate of drug-likeness (QED) is 0.364. The first-order valence-corrected chi connectivity index (χ1v) is 8.06. The van der Waals surface area contributed by atoms with Crippen molar-refractivity contribution in [1.29, 1.82) is 0 Å². The van der Waals surface area contributed by atoms with Crippen molar-refractivity contribution >= 4 is 17.3 Å². The number of anilines is 1. The van der Waals surface area contributed by atoms with Crippen LogP contribution in [-0.4, -0.2) is 52.7 Å². The highest BCUT2D eigenvalue weighted by molar-refractivity contribution is 6.01. The first-order valence-electron chi connectivity index (χ1n) is 8.06. The van der Waals surface area contributed by atoms with Crippen LogP contribution in [-0.2, 0) is 4.79 Å². The molecule has 1 N–H and O–H groups in total. The van der Waals surface area contributed by atoms with Gasteiger partial charge in [-0.1, -0.05) is 0 Å². The van der Waals surface area contributed by atoms with Gasteiger partial charge in [-0.05, 0) is 19.1 Å². The predicted molar refractivity (Wildman–Crippen MR) is 81.5 cm³/mol. The van der Waals surface area contributed by atoms with E-state index in [4.69, 9.17) is 4.74 Å². The zero-order valence-corrected chi connectivity index (χ0v) is 15.2. The van der Waals surface area contributed by atoms with E-state index in [0.717, 1.165) is 6.07 Å². The molecule has 6 nitrogen and oxygen atoms in total. The van der Waals surface area contributed by atoms with Gasteiger partial charge in [0.15, 0.2) is 0 Å². The van der Waals surface area contributed by atoms with Crippen LogP contribution in [0.4, 0.5) is 59.7 Å². The lowest BCUT2D eigenvalue weighted by atomic mass is 9.71. The van der Waals surface area contributed by atoms with Gasteiger partial charge in [0.05, 0.1) is 17.6 Å². The summed E-state index contributed by atoms with van der Waals surface area (Å²) >= 11 is 0. The second-order valence-electron chi connectivity index (χ2n) is 6.35. The van der Waals surface area contributed by atoms with E-state index < -0.39 is 57.5 Å². The number of nitro groups is 1. The molecular formula is C15H9F11N2O4. The minimum absolute atomic E-state index is 0.0900. The van der Waals surface area contributed by atoms with Crippen molar-refractivity contribution in [2.45, 2.75) is 42.2 Å². The number of nitrogens with one attached hydrogen (secondary N) is 1. The second-order valence-corrected chi connectivity index (χ2v) is 6.35. The second kappa shape index (κ2) is 7.06. The first-order chi connectivity index (χ1) is 14.3. The van der Waals surface area contributed by atoms with Crippen molar-refractivity contribution < 1.29 is 62.7 Å².